The fourth-order valence-corrected chi connectivity index (χ4v) is 1.36. The molecule has 0 bridgehead atoms. The predicted molar refractivity (Wildman–Crippen MR) is 45.8 cm³/mol. The SMILES string of the molecule is [2H]c1csc(C[C@H](N)C(=O)OC)n1. The van der Waals surface area contributed by atoms with E-state index in [1.807, 2.05) is 0 Å². The lowest BCUT2D eigenvalue weighted by Crippen LogP contribution is -2.33. The summed E-state index contributed by atoms with van der Waals surface area (Å²) in [6, 6.07) is -0.685. The Kier molecular flexibility index (Phi) is 2.68. The second-order valence-electron chi connectivity index (χ2n) is 2.20. The minimum atomic E-state index is -0.685. The van der Waals surface area contributed by atoms with Gasteiger partial charge in [0.15, 0.2) is 0 Å². The zero-order valence-corrected chi connectivity index (χ0v) is 7.43. The first-order chi connectivity index (χ1) is 6.13. The van der Waals surface area contributed by atoms with E-state index in [2.05, 4.69) is 9.72 Å². The lowest BCUT2D eigenvalue weighted by Gasteiger charge is -2.05. The van der Waals surface area contributed by atoms with E-state index in [4.69, 9.17) is 7.10 Å². The van der Waals surface area contributed by atoms with Gasteiger partial charge in [-0.05, 0) is 0 Å². The highest BCUT2D eigenvalue weighted by Gasteiger charge is 2.14. The van der Waals surface area contributed by atoms with E-state index < -0.39 is 12.0 Å². The van der Waals surface area contributed by atoms with Gasteiger partial charge in [-0.25, -0.2) is 4.98 Å². The molecule has 0 amide bonds. The zero-order valence-electron chi connectivity index (χ0n) is 7.61. The van der Waals surface area contributed by atoms with Crippen LogP contribution in [0.15, 0.2) is 11.6 Å². The summed E-state index contributed by atoms with van der Waals surface area (Å²) in [6.07, 6.45) is 0.535. The maximum atomic E-state index is 10.9. The molecule has 66 valence electrons. The van der Waals surface area contributed by atoms with Crippen LogP contribution in [0, 0.1) is 0 Å². The standard InChI is InChI=1S/C7H10N2O2S/c1-11-7(10)5(8)4-6-9-2-3-12-6/h2-3,5H,4,8H2,1H3/t5-/m0/s1/i2D. The molecule has 0 spiro atoms. The Morgan fingerprint density at radius 2 is 2.83 bits per heavy atom. The topological polar surface area (TPSA) is 65.2 Å². The van der Waals surface area contributed by atoms with Crippen molar-refractivity contribution in [1.82, 2.24) is 4.98 Å². The van der Waals surface area contributed by atoms with Crippen LogP contribution in [-0.2, 0) is 16.0 Å². The highest BCUT2D eigenvalue weighted by molar-refractivity contribution is 7.09. The van der Waals surface area contributed by atoms with Crippen molar-refractivity contribution >= 4 is 17.3 Å². The summed E-state index contributed by atoms with van der Waals surface area (Å²) in [6.45, 7) is 0. The number of thiazole rings is 1. The minimum absolute atomic E-state index is 0.206. The first-order valence-corrected chi connectivity index (χ1v) is 4.26. The quantitative estimate of drug-likeness (QED) is 0.686. The molecule has 1 aromatic rings. The van der Waals surface area contributed by atoms with Crippen LogP contribution in [0.2, 0.25) is 0 Å². The Morgan fingerprint density at radius 3 is 3.33 bits per heavy atom. The van der Waals surface area contributed by atoms with Crippen molar-refractivity contribution in [3.63, 3.8) is 0 Å². The molecule has 2 N–H and O–H groups in total. The van der Waals surface area contributed by atoms with E-state index in [9.17, 15) is 4.79 Å². The molecule has 1 aromatic heterocycles. The number of aromatic nitrogens is 1. The Labute approximate surface area is 75.8 Å². The number of nitrogens with two attached hydrogens (primary N) is 1. The van der Waals surface area contributed by atoms with E-state index in [0.717, 1.165) is 0 Å². The Hall–Kier alpha value is -0.940. The average molecular weight is 187 g/mol. The van der Waals surface area contributed by atoms with Gasteiger partial charge in [0, 0.05) is 18.0 Å². The highest BCUT2D eigenvalue weighted by atomic mass is 32.1. The van der Waals surface area contributed by atoms with Gasteiger partial charge in [-0.1, -0.05) is 0 Å². The largest absolute Gasteiger partial charge is 0.468 e. The number of esters is 1. The Bertz CT molecular complexity index is 302. The number of carbonyl (C=O) groups excluding carboxylic acids is 1. The number of nitrogens with zero attached hydrogens (tertiary/aromatic N) is 1. The van der Waals surface area contributed by atoms with E-state index >= 15 is 0 Å². The number of ether oxygens (including phenoxy) is 1. The predicted octanol–water partition coefficient (Wildman–Crippen LogP) is 0.186. The molecule has 0 aliphatic heterocycles. The van der Waals surface area contributed by atoms with Crippen LogP contribution in [0.4, 0.5) is 0 Å². The van der Waals surface area contributed by atoms with Crippen LogP contribution in [-0.4, -0.2) is 24.1 Å². The van der Waals surface area contributed by atoms with Crippen LogP contribution in [0.1, 0.15) is 6.38 Å². The molecule has 0 saturated heterocycles. The summed E-state index contributed by atoms with van der Waals surface area (Å²) in [5.74, 6) is -0.457. The number of hydrogen-bond acceptors (Lipinski definition) is 5. The van der Waals surface area contributed by atoms with Gasteiger partial charge < -0.3 is 10.5 Å². The van der Waals surface area contributed by atoms with Crippen molar-refractivity contribution in [1.29, 1.82) is 0 Å². The Morgan fingerprint density at radius 1 is 2.08 bits per heavy atom. The zero-order chi connectivity index (χ0) is 9.84. The number of hydrogen-bond donors (Lipinski definition) is 1. The van der Waals surface area contributed by atoms with Crippen molar-refractivity contribution in [2.75, 3.05) is 7.11 Å². The second-order valence-corrected chi connectivity index (χ2v) is 3.15. The molecule has 4 nitrogen and oxygen atoms in total. The van der Waals surface area contributed by atoms with Gasteiger partial charge in [0.1, 0.15) is 6.04 Å². The fraction of sp³-hybridized carbons (Fsp3) is 0.429. The van der Waals surface area contributed by atoms with Crippen molar-refractivity contribution in [2.24, 2.45) is 5.73 Å². The molecule has 0 unspecified atom stereocenters. The minimum Gasteiger partial charge on any atom is -0.468 e. The third kappa shape index (κ3) is 2.28. The van der Waals surface area contributed by atoms with Crippen LogP contribution in [0.25, 0.3) is 0 Å². The smallest absolute Gasteiger partial charge is 0.323 e. The summed E-state index contributed by atoms with van der Waals surface area (Å²) >= 11 is 1.32. The van der Waals surface area contributed by atoms with E-state index in [0.29, 0.717) is 11.4 Å². The average Bonchev–Trinajstić information content (AvgIpc) is 2.49. The van der Waals surface area contributed by atoms with Crippen LogP contribution in [0.5, 0.6) is 0 Å². The molecule has 0 aliphatic rings. The lowest BCUT2D eigenvalue weighted by molar-refractivity contribution is -0.142. The van der Waals surface area contributed by atoms with Crippen molar-refractivity contribution in [2.45, 2.75) is 12.5 Å². The summed E-state index contributed by atoms with van der Waals surface area (Å²) in [7, 11) is 1.29. The number of carbonyl (C=O) groups is 1. The molecule has 0 saturated carbocycles. The van der Waals surface area contributed by atoms with E-state index in [1.165, 1.54) is 18.4 Å². The molecule has 5 heteroatoms. The van der Waals surface area contributed by atoms with Crippen LogP contribution < -0.4 is 5.73 Å². The third-order valence-electron chi connectivity index (χ3n) is 1.34. The van der Waals surface area contributed by atoms with Gasteiger partial charge in [0.25, 0.3) is 0 Å². The van der Waals surface area contributed by atoms with Gasteiger partial charge in [-0.15, -0.1) is 11.3 Å². The van der Waals surface area contributed by atoms with Crippen molar-refractivity contribution < 1.29 is 10.9 Å². The molecule has 1 heterocycles. The van der Waals surface area contributed by atoms with Gasteiger partial charge in [-0.2, -0.15) is 0 Å². The molecule has 1 rings (SSSR count). The Balaban J connectivity index is 2.54. The van der Waals surface area contributed by atoms with Gasteiger partial charge in [0.05, 0.1) is 13.5 Å². The van der Waals surface area contributed by atoms with Gasteiger partial charge in [0.2, 0.25) is 0 Å². The molecule has 0 aromatic carbocycles. The maximum absolute atomic E-state index is 10.9. The van der Waals surface area contributed by atoms with Crippen molar-refractivity contribution in [3.8, 4) is 0 Å². The summed E-state index contributed by atoms with van der Waals surface area (Å²) in [5.41, 5.74) is 5.50. The third-order valence-corrected chi connectivity index (χ3v) is 2.09. The summed E-state index contributed by atoms with van der Waals surface area (Å²) in [5, 5.41) is 2.28. The molecule has 0 aliphatic carbocycles. The summed E-state index contributed by atoms with van der Waals surface area (Å²) < 4.78 is 11.6. The molecular weight excluding hydrogens is 176 g/mol. The van der Waals surface area contributed by atoms with E-state index in [-0.39, 0.29) is 6.17 Å². The first-order valence-electron chi connectivity index (χ1n) is 3.88. The van der Waals surface area contributed by atoms with E-state index in [1.54, 1.807) is 5.38 Å². The molecule has 0 radical (unpaired) electrons. The first kappa shape index (κ1) is 7.70. The summed E-state index contributed by atoms with van der Waals surface area (Å²) in [4.78, 5) is 14.8. The van der Waals surface area contributed by atoms with Crippen molar-refractivity contribution in [3.05, 3.63) is 16.6 Å². The highest BCUT2D eigenvalue weighted by Crippen LogP contribution is 2.06. The molecule has 0 fully saturated rings. The maximum Gasteiger partial charge on any atom is 0.323 e. The molecule has 12 heavy (non-hydrogen) atoms. The number of rotatable bonds is 3. The lowest BCUT2D eigenvalue weighted by atomic mass is 10.2. The molecular formula is C7H10N2O2S. The van der Waals surface area contributed by atoms with Crippen LogP contribution in [0.3, 0.4) is 0 Å². The fourth-order valence-electron chi connectivity index (χ4n) is 0.736. The van der Waals surface area contributed by atoms with Gasteiger partial charge >= 0.3 is 5.97 Å². The second kappa shape index (κ2) is 4.18. The van der Waals surface area contributed by atoms with Crippen LogP contribution >= 0.6 is 11.3 Å². The van der Waals surface area contributed by atoms with Gasteiger partial charge in [-0.3, -0.25) is 4.79 Å². The molecule has 1 atom stereocenters. The monoisotopic (exact) mass is 187 g/mol. The number of methoxy groups -OCH3 is 1. The normalized spacial score (nSPS) is 13.7.